The molecule has 1 aromatic heterocycles. The number of carbonyl (C=O) groups is 1. The van der Waals surface area contributed by atoms with Crippen molar-refractivity contribution in [1.82, 2.24) is 14.9 Å². The highest BCUT2D eigenvalue weighted by atomic mass is 35.5. The van der Waals surface area contributed by atoms with E-state index < -0.39 is 0 Å². The molecule has 2 aromatic carbocycles. The molecule has 0 spiro atoms. The molecule has 0 aliphatic carbocycles. The largest absolute Gasteiger partial charge is 0.378 e. The summed E-state index contributed by atoms with van der Waals surface area (Å²) in [6.45, 7) is 3.66. The number of amides is 2. The van der Waals surface area contributed by atoms with Crippen LogP contribution >= 0.6 is 11.6 Å². The summed E-state index contributed by atoms with van der Waals surface area (Å²) in [6, 6.07) is 13.4. The minimum atomic E-state index is -0.272. The number of halogens is 2. The number of rotatable bonds is 4. The van der Waals surface area contributed by atoms with Gasteiger partial charge < -0.3 is 19.9 Å². The second kappa shape index (κ2) is 9.95. The summed E-state index contributed by atoms with van der Waals surface area (Å²) in [5.74, 6) is 1.22. The summed E-state index contributed by atoms with van der Waals surface area (Å²) in [7, 11) is 0. The SMILES string of the molecule is O=C(Nc1ccc(Cl)cc1)N1CCc2nc(Cc3cccc(F)c3)nc(N3CCOCC3)c2C1. The lowest BCUT2D eigenvalue weighted by molar-refractivity contribution is 0.122. The summed E-state index contributed by atoms with van der Waals surface area (Å²) in [5, 5.41) is 3.55. The number of nitrogens with one attached hydrogen (secondary N) is 1. The highest BCUT2D eigenvalue weighted by molar-refractivity contribution is 6.30. The van der Waals surface area contributed by atoms with Gasteiger partial charge >= 0.3 is 6.03 Å². The fourth-order valence-electron chi connectivity index (χ4n) is 4.30. The lowest BCUT2D eigenvalue weighted by Crippen LogP contribution is -2.42. The molecule has 5 rings (SSSR count). The lowest BCUT2D eigenvalue weighted by Gasteiger charge is -2.34. The Kier molecular flexibility index (Phi) is 6.60. The molecule has 1 N–H and O–H groups in total. The van der Waals surface area contributed by atoms with Gasteiger partial charge in [-0.25, -0.2) is 19.2 Å². The number of fused-ring (bicyclic) bond motifs is 1. The van der Waals surface area contributed by atoms with Crippen molar-refractivity contribution < 1.29 is 13.9 Å². The highest BCUT2D eigenvalue weighted by Crippen LogP contribution is 2.28. The van der Waals surface area contributed by atoms with E-state index in [0.29, 0.717) is 55.7 Å². The quantitative estimate of drug-likeness (QED) is 0.602. The number of hydrogen-bond donors (Lipinski definition) is 1. The number of anilines is 2. The molecule has 9 heteroatoms. The number of benzene rings is 2. The highest BCUT2D eigenvalue weighted by Gasteiger charge is 2.28. The molecule has 0 bridgehead atoms. The Hall–Kier alpha value is -3.23. The van der Waals surface area contributed by atoms with Crippen LogP contribution < -0.4 is 10.2 Å². The fourth-order valence-corrected chi connectivity index (χ4v) is 4.43. The van der Waals surface area contributed by atoms with E-state index in [1.807, 2.05) is 6.07 Å². The molecule has 1 saturated heterocycles. The number of ether oxygens (including phenoxy) is 1. The molecule has 34 heavy (non-hydrogen) atoms. The predicted molar refractivity (Wildman–Crippen MR) is 129 cm³/mol. The van der Waals surface area contributed by atoms with Gasteiger partial charge in [-0.2, -0.15) is 0 Å². The van der Waals surface area contributed by atoms with Crippen LogP contribution in [0.1, 0.15) is 22.6 Å². The first-order valence-corrected chi connectivity index (χ1v) is 11.7. The zero-order chi connectivity index (χ0) is 23.5. The van der Waals surface area contributed by atoms with Crippen LogP contribution in [0.3, 0.4) is 0 Å². The number of nitrogens with zero attached hydrogens (tertiary/aromatic N) is 4. The van der Waals surface area contributed by atoms with Crippen LogP contribution in [0.4, 0.5) is 20.7 Å². The number of morpholine rings is 1. The molecule has 3 heterocycles. The van der Waals surface area contributed by atoms with Crippen molar-refractivity contribution in [2.45, 2.75) is 19.4 Å². The fraction of sp³-hybridized carbons (Fsp3) is 0.320. The van der Waals surface area contributed by atoms with Crippen LogP contribution in [0.25, 0.3) is 0 Å². The van der Waals surface area contributed by atoms with Crippen molar-refractivity contribution in [3.63, 3.8) is 0 Å². The molecule has 0 unspecified atom stereocenters. The monoisotopic (exact) mass is 481 g/mol. The molecule has 0 saturated carbocycles. The molecule has 176 valence electrons. The third-order valence-electron chi connectivity index (χ3n) is 6.03. The first kappa shape index (κ1) is 22.6. The van der Waals surface area contributed by atoms with E-state index in [1.165, 1.54) is 12.1 Å². The second-order valence-electron chi connectivity index (χ2n) is 8.40. The van der Waals surface area contributed by atoms with E-state index >= 15 is 0 Å². The summed E-state index contributed by atoms with van der Waals surface area (Å²) in [6.07, 6.45) is 1.07. The van der Waals surface area contributed by atoms with E-state index in [2.05, 4.69) is 10.2 Å². The Bertz CT molecular complexity index is 1180. The van der Waals surface area contributed by atoms with Gasteiger partial charge in [-0.05, 0) is 42.0 Å². The van der Waals surface area contributed by atoms with Crippen molar-refractivity contribution >= 4 is 29.1 Å². The Balaban J connectivity index is 1.41. The molecule has 2 aliphatic heterocycles. The van der Waals surface area contributed by atoms with E-state index in [9.17, 15) is 9.18 Å². The molecule has 2 aliphatic rings. The third kappa shape index (κ3) is 5.13. The Labute approximate surface area is 202 Å². The number of carbonyl (C=O) groups excluding carboxylic acids is 1. The van der Waals surface area contributed by atoms with Crippen LogP contribution in [0.15, 0.2) is 48.5 Å². The topological polar surface area (TPSA) is 70.6 Å². The molecule has 3 aromatic rings. The molecule has 0 radical (unpaired) electrons. The molecule has 2 amide bonds. The summed E-state index contributed by atoms with van der Waals surface area (Å²) >= 11 is 5.95. The van der Waals surface area contributed by atoms with Crippen LogP contribution in [0.2, 0.25) is 5.02 Å². The first-order valence-electron chi connectivity index (χ1n) is 11.3. The van der Waals surface area contributed by atoms with Gasteiger partial charge in [-0.1, -0.05) is 23.7 Å². The van der Waals surface area contributed by atoms with Crippen LogP contribution in [0, 0.1) is 5.82 Å². The Morgan fingerprint density at radius 1 is 1.09 bits per heavy atom. The average molecular weight is 482 g/mol. The second-order valence-corrected chi connectivity index (χ2v) is 8.84. The standard InChI is InChI=1S/C25H25ClFN5O2/c26-18-4-6-20(7-5-18)28-25(33)32-9-8-22-21(16-32)24(31-10-12-34-13-11-31)30-23(29-22)15-17-2-1-3-19(27)14-17/h1-7,14H,8-13,15-16H2,(H,28,33). The molecular weight excluding hydrogens is 457 g/mol. The van der Waals surface area contributed by atoms with Crippen LogP contribution in [0.5, 0.6) is 0 Å². The van der Waals surface area contributed by atoms with Crippen molar-refractivity contribution in [1.29, 1.82) is 0 Å². The van der Waals surface area contributed by atoms with Gasteiger partial charge in [0.25, 0.3) is 0 Å². The van der Waals surface area contributed by atoms with E-state index in [4.69, 9.17) is 26.3 Å². The zero-order valence-electron chi connectivity index (χ0n) is 18.6. The summed E-state index contributed by atoms with van der Waals surface area (Å²) < 4.78 is 19.2. The molecular formula is C25H25ClFN5O2. The maximum atomic E-state index is 13.7. The van der Waals surface area contributed by atoms with Gasteiger partial charge in [0.15, 0.2) is 0 Å². The van der Waals surface area contributed by atoms with Gasteiger partial charge in [0, 0.05) is 48.7 Å². The maximum Gasteiger partial charge on any atom is 0.322 e. The first-order chi connectivity index (χ1) is 16.5. The number of hydrogen-bond acceptors (Lipinski definition) is 5. The number of aromatic nitrogens is 2. The average Bonchev–Trinajstić information content (AvgIpc) is 2.85. The van der Waals surface area contributed by atoms with Crippen LogP contribution in [-0.2, 0) is 24.1 Å². The Morgan fingerprint density at radius 3 is 2.65 bits per heavy atom. The minimum Gasteiger partial charge on any atom is -0.378 e. The maximum absolute atomic E-state index is 13.7. The third-order valence-corrected chi connectivity index (χ3v) is 6.28. The van der Waals surface area contributed by atoms with Gasteiger partial charge in [0.1, 0.15) is 17.5 Å². The summed E-state index contributed by atoms with van der Waals surface area (Å²) in [4.78, 5) is 26.6. The van der Waals surface area contributed by atoms with Crippen molar-refractivity contribution in [3.05, 3.63) is 82.0 Å². The van der Waals surface area contributed by atoms with Crippen molar-refractivity contribution in [2.24, 2.45) is 0 Å². The smallest absolute Gasteiger partial charge is 0.322 e. The Morgan fingerprint density at radius 2 is 1.88 bits per heavy atom. The minimum absolute atomic E-state index is 0.176. The van der Waals surface area contributed by atoms with Gasteiger partial charge in [0.2, 0.25) is 0 Å². The van der Waals surface area contributed by atoms with Crippen LogP contribution in [-0.4, -0.2) is 53.7 Å². The number of urea groups is 1. The molecule has 1 fully saturated rings. The predicted octanol–water partition coefficient (Wildman–Crippen LogP) is 4.29. The van der Waals surface area contributed by atoms with E-state index in [1.54, 1.807) is 35.2 Å². The van der Waals surface area contributed by atoms with Gasteiger partial charge in [0.05, 0.1) is 25.5 Å². The van der Waals surface area contributed by atoms with Gasteiger partial charge in [-0.15, -0.1) is 0 Å². The zero-order valence-corrected chi connectivity index (χ0v) is 19.4. The summed E-state index contributed by atoms with van der Waals surface area (Å²) in [5.41, 5.74) is 3.42. The normalized spacial score (nSPS) is 15.7. The van der Waals surface area contributed by atoms with E-state index in [-0.39, 0.29) is 11.8 Å². The molecule has 7 nitrogen and oxygen atoms in total. The van der Waals surface area contributed by atoms with E-state index in [0.717, 1.165) is 35.7 Å². The lowest BCUT2D eigenvalue weighted by atomic mass is 10.0. The van der Waals surface area contributed by atoms with Crippen molar-refractivity contribution in [3.8, 4) is 0 Å². The van der Waals surface area contributed by atoms with Crippen molar-refractivity contribution in [2.75, 3.05) is 43.1 Å². The molecule has 0 atom stereocenters. The van der Waals surface area contributed by atoms with Gasteiger partial charge in [-0.3, -0.25) is 0 Å².